The lowest BCUT2D eigenvalue weighted by Crippen LogP contribution is -2.54. The second kappa shape index (κ2) is 5.86. The van der Waals surface area contributed by atoms with Gasteiger partial charge < -0.3 is 20.2 Å². The molecule has 0 unspecified atom stereocenters. The predicted octanol–water partition coefficient (Wildman–Crippen LogP) is 0.451. The Morgan fingerprint density at radius 3 is 2.35 bits per heavy atom. The van der Waals surface area contributed by atoms with E-state index in [4.69, 9.17) is 0 Å². The fourth-order valence-electron chi connectivity index (χ4n) is 2.78. The molecule has 3 N–H and O–H groups in total. The van der Waals surface area contributed by atoms with Crippen molar-refractivity contribution in [2.45, 2.75) is 38.8 Å². The summed E-state index contributed by atoms with van der Waals surface area (Å²) in [5, 5.41) is 5.90. The van der Waals surface area contributed by atoms with E-state index in [1.165, 1.54) is 6.20 Å². The maximum absolute atomic E-state index is 12.2. The van der Waals surface area contributed by atoms with Crippen molar-refractivity contribution >= 4 is 11.8 Å². The van der Waals surface area contributed by atoms with Crippen LogP contribution in [0.2, 0.25) is 0 Å². The summed E-state index contributed by atoms with van der Waals surface area (Å²) in [5.74, 6) is 0.421. The van der Waals surface area contributed by atoms with Crippen molar-refractivity contribution in [3.8, 4) is 0 Å². The first kappa shape index (κ1) is 15.3. The van der Waals surface area contributed by atoms with E-state index in [1.807, 2.05) is 6.92 Å². The van der Waals surface area contributed by atoms with E-state index in [0.29, 0.717) is 22.9 Å². The molecule has 1 fully saturated rings. The molecule has 1 saturated carbocycles. The zero-order valence-corrected chi connectivity index (χ0v) is 13.4. The molecule has 1 aliphatic carbocycles. The molecule has 0 bridgehead atoms. The van der Waals surface area contributed by atoms with Crippen LogP contribution in [0.1, 0.15) is 45.3 Å². The minimum Gasteiger partial charge on any atom is -0.348 e. The van der Waals surface area contributed by atoms with Crippen molar-refractivity contribution < 1.29 is 9.59 Å². The molecule has 0 aromatic carbocycles. The zero-order valence-electron chi connectivity index (χ0n) is 13.4. The number of nitrogens with one attached hydrogen (secondary N) is 3. The Bertz CT molecular complexity index is 721. The molecule has 3 rings (SSSR count). The maximum atomic E-state index is 12.2. The lowest BCUT2D eigenvalue weighted by atomic mass is 9.86. The van der Waals surface area contributed by atoms with E-state index in [9.17, 15) is 9.59 Å². The Hall–Kier alpha value is -2.64. The first-order chi connectivity index (χ1) is 10.9. The summed E-state index contributed by atoms with van der Waals surface area (Å²) in [4.78, 5) is 35.2. The largest absolute Gasteiger partial charge is 0.348 e. The summed E-state index contributed by atoms with van der Waals surface area (Å²) in [6.07, 6.45) is 4.59. The summed E-state index contributed by atoms with van der Waals surface area (Å²) in [6, 6.07) is 0.148. The van der Waals surface area contributed by atoms with Crippen LogP contribution in [-0.4, -0.2) is 43.4 Å². The molecule has 2 aromatic rings. The molecule has 122 valence electrons. The second-order valence-corrected chi connectivity index (χ2v) is 5.98. The van der Waals surface area contributed by atoms with Crippen molar-refractivity contribution in [1.82, 2.24) is 30.2 Å². The summed E-state index contributed by atoms with van der Waals surface area (Å²) >= 11 is 0. The highest BCUT2D eigenvalue weighted by Gasteiger charge is 2.32. The topological polar surface area (TPSA) is 105 Å². The number of hydrogen-bond donors (Lipinski definition) is 3. The average molecular weight is 316 g/mol. The lowest BCUT2D eigenvalue weighted by Gasteiger charge is -2.36. The fourth-order valence-corrected chi connectivity index (χ4v) is 2.78. The number of imidazole rings is 2. The van der Waals surface area contributed by atoms with Crippen LogP contribution in [0, 0.1) is 13.8 Å². The first-order valence-electron chi connectivity index (χ1n) is 7.55. The van der Waals surface area contributed by atoms with Crippen LogP contribution in [0.3, 0.4) is 0 Å². The van der Waals surface area contributed by atoms with Gasteiger partial charge in [0.2, 0.25) is 0 Å². The Kier molecular flexibility index (Phi) is 3.89. The van der Waals surface area contributed by atoms with E-state index < -0.39 is 0 Å². The molecule has 2 amide bonds. The number of H-pyrrole nitrogens is 1. The third kappa shape index (κ3) is 3.10. The minimum absolute atomic E-state index is 0.0732. The summed E-state index contributed by atoms with van der Waals surface area (Å²) in [6.45, 7) is 3.61. The van der Waals surface area contributed by atoms with E-state index in [0.717, 1.165) is 12.8 Å². The molecule has 23 heavy (non-hydrogen) atoms. The SMILES string of the molecule is Cc1ncc(C(=O)NC2CC(NC(=O)c3c(C)ncn3C)C2)[nH]1. The average Bonchev–Trinajstić information content (AvgIpc) is 3.02. The summed E-state index contributed by atoms with van der Waals surface area (Å²) in [7, 11) is 1.80. The van der Waals surface area contributed by atoms with Crippen LogP contribution in [0.5, 0.6) is 0 Å². The standard InChI is InChI=1S/C15H20N6O2/c1-8-13(21(3)7-17-8)15(23)20-11-4-10(5-11)19-14(22)12-6-16-9(2)18-12/h6-7,10-11H,4-5H2,1-3H3,(H,16,18)(H,19,22)(H,20,23). The van der Waals surface area contributed by atoms with Gasteiger partial charge in [-0.2, -0.15) is 0 Å². The van der Waals surface area contributed by atoms with Gasteiger partial charge in [-0.05, 0) is 26.7 Å². The molecule has 0 atom stereocenters. The highest BCUT2D eigenvalue weighted by Crippen LogP contribution is 2.21. The monoisotopic (exact) mass is 316 g/mol. The first-order valence-corrected chi connectivity index (χ1v) is 7.55. The molecule has 8 heteroatoms. The van der Waals surface area contributed by atoms with Crippen molar-refractivity contribution in [1.29, 1.82) is 0 Å². The molecule has 0 saturated heterocycles. The Morgan fingerprint density at radius 1 is 1.17 bits per heavy atom. The van der Waals surface area contributed by atoms with Crippen molar-refractivity contribution in [2.24, 2.45) is 7.05 Å². The third-order valence-electron chi connectivity index (χ3n) is 4.09. The van der Waals surface area contributed by atoms with Gasteiger partial charge in [-0.1, -0.05) is 0 Å². The number of carbonyl (C=O) groups is 2. The van der Waals surface area contributed by atoms with E-state index in [-0.39, 0.29) is 23.9 Å². The molecule has 1 aliphatic rings. The normalized spacial score (nSPS) is 20.0. The number of amides is 2. The smallest absolute Gasteiger partial charge is 0.270 e. The van der Waals surface area contributed by atoms with Gasteiger partial charge in [-0.15, -0.1) is 0 Å². The molecule has 0 aliphatic heterocycles. The number of aryl methyl sites for hydroxylation is 3. The van der Waals surface area contributed by atoms with Gasteiger partial charge in [0.05, 0.1) is 18.2 Å². The van der Waals surface area contributed by atoms with Gasteiger partial charge in [0.25, 0.3) is 11.8 Å². The molecule has 8 nitrogen and oxygen atoms in total. The minimum atomic E-state index is -0.164. The molecule has 0 spiro atoms. The van der Waals surface area contributed by atoms with Crippen LogP contribution in [0.25, 0.3) is 0 Å². The number of carbonyl (C=O) groups excluding carboxylic acids is 2. The predicted molar refractivity (Wildman–Crippen MR) is 83.0 cm³/mol. The van der Waals surface area contributed by atoms with Crippen molar-refractivity contribution in [3.05, 3.63) is 35.4 Å². The van der Waals surface area contributed by atoms with Crippen molar-refractivity contribution in [3.63, 3.8) is 0 Å². The fraction of sp³-hybridized carbons (Fsp3) is 0.467. The molecular weight excluding hydrogens is 296 g/mol. The molecule has 2 heterocycles. The van der Waals surface area contributed by atoms with Gasteiger partial charge in [0.15, 0.2) is 0 Å². The maximum Gasteiger partial charge on any atom is 0.270 e. The Labute approximate surface area is 133 Å². The molecular formula is C15H20N6O2. The van der Waals surface area contributed by atoms with Gasteiger partial charge >= 0.3 is 0 Å². The van der Waals surface area contributed by atoms with Gasteiger partial charge in [0.1, 0.15) is 17.2 Å². The zero-order chi connectivity index (χ0) is 16.6. The van der Waals surface area contributed by atoms with Crippen LogP contribution in [0.4, 0.5) is 0 Å². The quantitative estimate of drug-likeness (QED) is 0.761. The van der Waals surface area contributed by atoms with Crippen LogP contribution >= 0.6 is 0 Å². The summed E-state index contributed by atoms with van der Waals surface area (Å²) in [5.41, 5.74) is 1.75. The van der Waals surface area contributed by atoms with Crippen LogP contribution in [-0.2, 0) is 7.05 Å². The number of nitrogens with zero attached hydrogens (tertiary/aromatic N) is 3. The lowest BCUT2D eigenvalue weighted by molar-refractivity contribution is 0.0855. The van der Waals surface area contributed by atoms with E-state index >= 15 is 0 Å². The van der Waals surface area contributed by atoms with Gasteiger partial charge in [0, 0.05) is 19.1 Å². The van der Waals surface area contributed by atoms with E-state index in [1.54, 1.807) is 24.9 Å². The van der Waals surface area contributed by atoms with Crippen LogP contribution < -0.4 is 10.6 Å². The number of aromatic nitrogens is 4. The van der Waals surface area contributed by atoms with Gasteiger partial charge in [-0.3, -0.25) is 9.59 Å². The molecule has 2 aromatic heterocycles. The number of hydrogen-bond acceptors (Lipinski definition) is 4. The van der Waals surface area contributed by atoms with Crippen LogP contribution in [0.15, 0.2) is 12.5 Å². The van der Waals surface area contributed by atoms with Gasteiger partial charge in [-0.25, -0.2) is 9.97 Å². The Morgan fingerprint density at radius 2 is 1.83 bits per heavy atom. The Balaban J connectivity index is 1.48. The summed E-state index contributed by atoms with van der Waals surface area (Å²) < 4.78 is 1.71. The number of rotatable bonds is 4. The second-order valence-electron chi connectivity index (χ2n) is 5.98. The van der Waals surface area contributed by atoms with Crippen molar-refractivity contribution in [2.75, 3.05) is 0 Å². The van der Waals surface area contributed by atoms with E-state index in [2.05, 4.69) is 25.6 Å². The third-order valence-corrected chi connectivity index (χ3v) is 4.09. The molecule has 0 radical (unpaired) electrons. The number of aromatic amines is 1. The highest BCUT2D eigenvalue weighted by atomic mass is 16.2. The highest BCUT2D eigenvalue weighted by molar-refractivity contribution is 5.94.